The van der Waals surface area contributed by atoms with Crippen molar-refractivity contribution in [1.29, 1.82) is 0 Å². The topological polar surface area (TPSA) is 43.9 Å². The molecule has 136 valence electrons. The van der Waals surface area contributed by atoms with Gasteiger partial charge in [0.1, 0.15) is 0 Å². The molecule has 0 bridgehead atoms. The summed E-state index contributed by atoms with van der Waals surface area (Å²) >= 11 is 0. The number of hydrogen-bond donors (Lipinski definition) is 0. The Labute approximate surface area is 146 Å². The van der Waals surface area contributed by atoms with Gasteiger partial charge in [-0.3, -0.25) is 14.5 Å². The van der Waals surface area contributed by atoms with Crippen molar-refractivity contribution < 1.29 is 9.59 Å². The summed E-state index contributed by atoms with van der Waals surface area (Å²) in [5.41, 5.74) is 0. The molecule has 3 rings (SSSR count). The molecule has 1 unspecified atom stereocenters. The Morgan fingerprint density at radius 1 is 0.750 bits per heavy atom. The predicted octanol–water partition coefficient (Wildman–Crippen LogP) is 2.11. The number of likely N-dealkylation sites (tertiary alicyclic amines) is 3. The van der Waals surface area contributed by atoms with E-state index in [-0.39, 0.29) is 17.9 Å². The zero-order chi connectivity index (χ0) is 16.9. The number of hydrogen-bond acceptors (Lipinski definition) is 3. The van der Waals surface area contributed by atoms with Crippen molar-refractivity contribution in [2.45, 2.75) is 64.3 Å². The average Bonchev–Trinajstić information content (AvgIpc) is 2.68. The second-order valence-corrected chi connectivity index (χ2v) is 7.76. The molecule has 0 aliphatic carbocycles. The van der Waals surface area contributed by atoms with Gasteiger partial charge in [0.05, 0.1) is 6.04 Å². The summed E-state index contributed by atoms with van der Waals surface area (Å²) in [5.74, 6) is 0.830. The second-order valence-electron chi connectivity index (χ2n) is 7.76. The minimum Gasteiger partial charge on any atom is -0.342 e. The van der Waals surface area contributed by atoms with Crippen molar-refractivity contribution in [1.82, 2.24) is 14.7 Å². The Bertz CT molecular complexity index is 434. The van der Waals surface area contributed by atoms with Crippen molar-refractivity contribution >= 4 is 11.8 Å². The van der Waals surface area contributed by atoms with Crippen LogP contribution in [0, 0.1) is 5.92 Å². The van der Waals surface area contributed by atoms with Crippen LogP contribution in [0.2, 0.25) is 0 Å². The number of carbonyl (C=O) groups is 2. The maximum Gasteiger partial charge on any atom is 0.239 e. The van der Waals surface area contributed by atoms with Crippen LogP contribution in [-0.4, -0.2) is 71.8 Å². The first-order valence-corrected chi connectivity index (χ1v) is 9.98. The highest BCUT2D eigenvalue weighted by Crippen LogP contribution is 2.24. The summed E-state index contributed by atoms with van der Waals surface area (Å²) in [5, 5.41) is 0. The SMILES string of the molecule is CC(C(=O)N1CCCCC1)N1CCC(C(=O)N2CCCCC2)CC1. The minimum atomic E-state index is -0.0332. The molecule has 0 radical (unpaired) electrons. The summed E-state index contributed by atoms with van der Waals surface area (Å²) in [6.07, 6.45) is 8.94. The van der Waals surface area contributed by atoms with Crippen LogP contribution >= 0.6 is 0 Å². The van der Waals surface area contributed by atoms with E-state index in [2.05, 4.69) is 9.80 Å². The van der Waals surface area contributed by atoms with Crippen molar-refractivity contribution in [3.8, 4) is 0 Å². The molecule has 3 aliphatic rings. The normalized spacial score (nSPS) is 25.5. The van der Waals surface area contributed by atoms with Gasteiger partial charge in [0.2, 0.25) is 11.8 Å². The third kappa shape index (κ3) is 4.11. The molecule has 0 spiro atoms. The Morgan fingerprint density at radius 2 is 1.25 bits per heavy atom. The number of amides is 2. The maximum atomic E-state index is 12.7. The van der Waals surface area contributed by atoms with E-state index in [0.717, 1.165) is 77.8 Å². The van der Waals surface area contributed by atoms with E-state index in [1.54, 1.807) is 0 Å². The molecule has 3 saturated heterocycles. The molecule has 24 heavy (non-hydrogen) atoms. The highest BCUT2D eigenvalue weighted by atomic mass is 16.2. The molecule has 0 aromatic rings. The standard InChI is InChI=1S/C19H33N3O2/c1-16(18(23)21-10-4-2-5-11-21)20-14-8-17(9-15-20)19(24)22-12-6-3-7-13-22/h16-17H,2-15H2,1H3. The van der Waals surface area contributed by atoms with Crippen LogP contribution in [-0.2, 0) is 9.59 Å². The third-order valence-corrected chi connectivity index (χ3v) is 6.12. The lowest BCUT2D eigenvalue weighted by Gasteiger charge is -2.39. The van der Waals surface area contributed by atoms with Crippen molar-refractivity contribution in [2.24, 2.45) is 5.92 Å². The number of nitrogens with zero attached hydrogens (tertiary/aromatic N) is 3. The lowest BCUT2D eigenvalue weighted by molar-refractivity contribution is -0.140. The molecular weight excluding hydrogens is 302 g/mol. The van der Waals surface area contributed by atoms with Gasteiger partial charge in [0.25, 0.3) is 0 Å². The number of rotatable bonds is 3. The molecule has 5 heteroatoms. The fraction of sp³-hybridized carbons (Fsp3) is 0.895. The lowest BCUT2D eigenvalue weighted by Crippen LogP contribution is -2.52. The van der Waals surface area contributed by atoms with Crippen molar-refractivity contribution in [3.05, 3.63) is 0 Å². The van der Waals surface area contributed by atoms with Crippen LogP contribution in [0.4, 0.5) is 0 Å². The van der Waals surface area contributed by atoms with Gasteiger partial charge in [-0.05, 0) is 71.4 Å². The fourth-order valence-electron chi connectivity index (χ4n) is 4.44. The Hall–Kier alpha value is -1.10. The summed E-state index contributed by atoms with van der Waals surface area (Å²) < 4.78 is 0. The Kier molecular flexibility index (Phi) is 6.14. The van der Waals surface area contributed by atoms with E-state index < -0.39 is 0 Å². The van der Waals surface area contributed by atoms with Gasteiger partial charge in [-0.2, -0.15) is 0 Å². The second kappa shape index (κ2) is 8.32. The Morgan fingerprint density at radius 3 is 1.79 bits per heavy atom. The summed E-state index contributed by atoms with van der Waals surface area (Å²) in [6, 6.07) is -0.0332. The molecule has 5 nitrogen and oxygen atoms in total. The van der Waals surface area contributed by atoms with Gasteiger partial charge in [-0.25, -0.2) is 0 Å². The molecule has 3 fully saturated rings. The van der Waals surface area contributed by atoms with Crippen LogP contribution in [0.25, 0.3) is 0 Å². The van der Waals surface area contributed by atoms with Gasteiger partial charge >= 0.3 is 0 Å². The monoisotopic (exact) mass is 335 g/mol. The molecule has 0 N–H and O–H groups in total. The van der Waals surface area contributed by atoms with Crippen molar-refractivity contribution in [3.63, 3.8) is 0 Å². The molecule has 0 aromatic carbocycles. The van der Waals surface area contributed by atoms with Crippen LogP contribution in [0.1, 0.15) is 58.3 Å². The van der Waals surface area contributed by atoms with Gasteiger partial charge in [0, 0.05) is 32.1 Å². The lowest BCUT2D eigenvalue weighted by atomic mass is 9.93. The number of piperidine rings is 3. The molecule has 0 saturated carbocycles. The van der Waals surface area contributed by atoms with E-state index >= 15 is 0 Å². The number of carbonyl (C=O) groups excluding carboxylic acids is 2. The first-order chi connectivity index (χ1) is 11.7. The first-order valence-electron chi connectivity index (χ1n) is 9.98. The van der Waals surface area contributed by atoms with Gasteiger partial charge in [-0.1, -0.05) is 0 Å². The first kappa shape index (κ1) is 17.7. The zero-order valence-electron chi connectivity index (χ0n) is 15.2. The van der Waals surface area contributed by atoms with E-state index in [9.17, 15) is 9.59 Å². The van der Waals surface area contributed by atoms with E-state index in [1.165, 1.54) is 12.8 Å². The van der Waals surface area contributed by atoms with Gasteiger partial charge in [0.15, 0.2) is 0 Å². The average molecular weight is 335 g/mol. The van der Waals surface area contributed by atoms with Gasteiger partial charge in [-0.15, -0.1) is 0 Å². The quantitative estimate of drug-likeness (QED) is 0.793. The van der Waals surface area contributed by atoms with Crippen LogP contribution in [0.3, 0.4) is 0 Å². The minimum absolute atomic E-state index is 0.0332. The zero-order valence-corrected chi connectivity index (χ0v) is 15.2. The smallest absolute Gasteiger partial charge is 0.239 e. The van der Waals surface area contributed by atoms with E-state index in [4.69, 9.17) is 0 Å². The van der Waals surface area contributed by atoms with Crippen LogP contribution in [0.15, 0.2) is 0 Å². The summed E-state index contributed by atoms with van der Waals surface area (Å²) in [6.45, 7) is 7.55. The molecule has 2 amide bonds. The largest absolute Gasteiger partial charge is 0.342 e. The summed E-state index contributed by atoms with van der Waals surface area (Å²) in [4.78, 5) is 31.7. The molecular formula is C19H33N3O2. The molecule has 3 heterocycles. The highest BCUT2D eigenvalue weighted by molar-refractivity contribution is 5.82. The van der Waals surface area contributed by atoms with E-state index in [0.29, 0.717) is 5.91 Å². The Balaban J connectivity index is 1.47. The fourth-order valence-corrected chi connectivity index (χ4v) is 4.44. The van der Waals surface area contributed by atoms with Gasteiger partial charge < -0.3 is 9.80 Å². The molecule has 0 aromatic heterocycles. The highest BCUT2D eigenvalue weighted by Gasteiger charge is 2.33. The maximum absolute atomic E-state index is 12.7. The van der Waals surface area contributed by atoms with Crippen LogP contribution in [0.5, 0.6) is 0 Å². The van der Waals surface area contributed by atoms with E-state index in [1.807, 2.05) is 11.8 Å². The predicted molar refractivity (Wildman–Crippen MR) is 94.6 cm³/mol. The molecule has 1 atom stereocenters. The van der Waals surface area contributed by atoms with Crippen molar-refractivity contribution in [2.75, 3.05) is 39.3 Å². The summed E-state index contributed by atoms with van der Waals surface area (Å²) in [7, 11) is 0. The van der Waals surface area contributed by atoms with Crippen LogP contribution < -0.4 is 0 Å². The molecule has 3 aliphatic heterocycles. The third-order valence-electron chi connectivity index (χ3n) is 6.12.